The molecule has 0 saturated carbocycles. The lowest BCUT2D eigenvalue weighted by molar-refractivity contribution is -0.142. The number of carbonyl (C=O) groups is 4. The minimum absolute atomic E-state index is 0.0619. The zero-order valence-corrected chi connectivity index (χ0v) is 23.3. The van der Waals surface area contributed by atoms with Crippen LogP contribution in [0.2, 0.25) is 0 Å². The Morgan fingerprint density at radius 2 is 1.22 bits per heavy atom. The van der Waals surface area contributed by atoms with Crippen molar-refractivity contribution in [2.24, 2.45) is 17.8 Å². The molecular formula is C28H45N3O6. The van der Waals surface area contributed by atoms with Gasteiger partial charge >= 0.3 is 12.1 Å². The van der Waals surface area contributed by atoms with E-state index in [0.717, 1.165) is 5.56 Å². The molecule has 9 heteroatoms. The number of alkyl carbamates (subject to hydrolysis) is 1. The maximum Gasteiger partial charge on any atom is 0.408 e. The molecule has 0 aliphatic rings. The smallest absolute Gasteiger partial charge is 0.408 e. The highest BCUT2D eigenvalue weighted by Gasteiger charge is 2.29. The van der Waals surface area contributed by atoms with Gasteiger partial charge in [0.15, 0.2) is 0 Å². The van der Waals surface area contributed by atoms with Crippen molar-refractivity contribution in [3.8, 4) is 0 Å². The minimum Gasteiger partial charge on any atom is -0.464 e. The van der Waals surface area contributed by atoms with E-state index in [1.807, 2.05) is 71.9 Å². The van der Waals surface area contributed by atoms with Crippen molar-refractivity contribution in [2.45, 2.75) is 92.5 Å². The molecule has 0 fully saturated rings. The van der Waals surface area contributed by atoms with Gasteiger partial charge in [-0.25, -0.2) is 4.79 Å². The molecule has 0 spiro atoms. The zero-order valence-electron chi connectivity index (χ0n) is 23.3. The third kappa shape index (κ3) is 14.3. The second-order valence-corrected chi connectivity index (χ2v) is 10.7. The standard InChI is InChI=1S/C28H45N3O6/c1-18(2)13-23(17-36-21(7)32)29-26(33)24(14-19(3)4)30-27(34)25(15-20(5)6)31-28(35)37-16-22-11-9-8-10-12-22/h8-12,18-20,23-25H,13-17H2,1-7H3,(H,29,33)(H,30,34)(H,31,35)/t23-,24+,25-/m0/s1. The number of amides is 3. The van der Waals surface area contributed by atoms with E-state index in [9.17, 15) is 19.2 Å². The predicted molar refractivity (Wildman–Crippen MR) is 142 cm³/mol. The lowest BCUT2D eigenvalue weighted by Crippen LogP contribution is -2.56. The Kier molecular flexibility index (Phi) is 14.3. The molecule has 0 heterocycles. The first-order chi connectivity index (χ1) is 17.4. The highest BCUT2D eigenvalue weighted by Crippen LogP contribution is 2.11. The molecule has 3 N–H and O–H groups in total. The SMILES string of the molecule is CC(=O)OC[C@H](CC(C)C)NC(=O)[C@@H](CC(C)C)NC(=O)[C@H](CC(C)C)NC(=O)OCc1ccccc1. The average molecular weight is 520 g/mol. The van der Waals surface area contributed by atoms with Crippen LogP contribution in [0.5, 0.6) is 0 Å². The van der Waals surface area contributed by atoms with Crippen molar-refractivity contribution in [1.29, 1.82) is 0 Å². The first-order valence-electron chi connectivity index (χ1n) is 13.1. The summed E-state index contributed by atoms with van der Waals surface area (Å²) in [4.78, 5) is 50.2. The molecule has 0 saturated heterocycles. The van der Waals surface area contributed by atoms with Gasteiger partial charge in [0.05, 0.1) is 6.04 Å². The largest absolute Gasteiger partial charge is 0.464 e. The van der Waals surface area contributed by atoms with Gasteiger partial charge < -0.3 is 25.4 Å². The summed E-state index contributed by atoms with van der Waals surface area (Å²) in [6.07, 6.45) is 0.705. The first-order valence-corrected chi connectivity index (χ1v) is 13.1. The van der Waals surface area contributed by atoms with Crippen LogP contribution in [0, 0.1) is 17.8 Å². The van der Waals surface area contributed by atoms with E-state index in [2.05, 4.69) is 16.0 Å². The quantitative estimate of drug-likeness (QED) is 0.302. The van der Waals surface area contributed by atoms with Crippen LogP contribution in [0.3, 0.4) is 0 Å². The number of nitrogens with one attached hydrogen (secondary N) is 3. The molecule has 0 bridgehead atoms. The van der Waals surface area contributed by atoms with Crippen molar-refractivity contribution in [3.05, 3.63) is 35.9 Å². The van der Waals surface area contributed by atoms with E-state index in [4.69, 9.17) is 9.47 Å². The monoisotopic (exact) mass is 519 g/mol. The van der Waals surface area contributed by atoms with Crippen LogP contribution < -0.4 is 16.0 Å². The third-order valence-electron chi connectivity index (χ3n) is 5.46. The molecule has 9 nitrogen and oxygen atoms in total. The molecule has 3 atom stereocenters. The number of esters is 1. The van der Waals surface area contributed by atoms with Crippen LogP contribution in [0.15, 0.2) is 30.3 Å². The van der Waals surface area contributed by atoms with E-state index in [1.165, 1.54) is 6.92 Å². The van der Waals surface area contributed by atoms with Gasteiger partial charge in [0, 0.05) is 6.92 Å². The fourth-order valence-electron chi connectivity index (χ4n) is 3.84. The molecule has 1 aromatic carbocycles. The Morgan fingerprint density at radius 3 is 1.73 bits per heavy atom. The van der Waals surface area contributed by atoms with E-state index in [1.54, 1.807) is 0 Å². The number of benzene rings is 1. The summed E-state index contributed by atoms with van der Waals surface area (Å²) in [5.74, 6) is -0.721. The topological polar surface area (TPSA) is 123 Å². The lowest BCUT2D eigenvalue weighted by Gasteiger charge is -2.27. The highest BCUT2D eigenvalue weighted by atomic mass is 16.5. The average Bonchev–Trinajstić information content (AvgIpc) is 2.80. The first kappa shape index (κ1) is 31.9. The van der Waals surface area contributed by atoms with Gasteiger partial charge in [-0.3, -0.25) is 14.4 Å². The highest BCUT2D eigenvalue weighted by molar-refractivity contribution is 5.91. The molecule has 0 radical (unpaired) electrons. The summed E-state index contributed by atoms with van der Waals surface area (Å²) in [6, 6.07) is 7.21. The molecule has 0 aromatic heterocycles. The summed E-state index contributed by atoms with van der Waals surface area (Å²) in [5, 5.41) is 8.41. The Morgan fingerprint density at radius 1 is 0.703 bits per heavy atom. The van der Waals surface area contributed by atoms with Crippen molar-refractivity contribution in [3.63, 3.8) is 0 Å². The maximum absolute atomic E-state index is 13.2. The van der Waals surface area contributed by atoms with E-state index >= 15 is 0 Å². The van der Waals surface area contributed by atoms with E-state index in [-0.39, 0.29) is 42.9 Å². The Labute approximate surface area is 221 Å². The van der Waals surface area contributed by atoms with Crippen LogP contribution >= 0.6 is 0 Å². The molecule has 1 rings (SSSR count). The van der Waals surface area contributed by atoms with Gasteiger partial charge in [-0.05, 0) is 42.6 Å². The lowest BCUT2D eigenvalue weighted by atomic mass is 9.99. The van der Waals surface area contributed by atoms with Crippen LogP contribution in [0.25, 0.3) is 0 Å². The summed E-state index contributed by atoms with van der Waals surface area (Å²) in [6.45, 7) is 13.3. The molecule has 37 heavy (non-hydrogen) atoms. The summed E-state index contributed by atoms with van der Waals surface area (Å²) >= 11 is 0. The predicted octanol–water partition coefficient (Wildman–Crippen LogP) is 3.95. The van der Waals surface area contributed by atoms with Gasteiger partial charge in [0.2, 0.25) is 11.8 Å². The molecule has 0 unspecified atom stereocenters. The second-order valence-electron chi connectivity index (χ2n) is 10.7. The van der Waals surface area contributed by atoms with Crippen LogP contribution in [-0.2, 0) is 30.5 Å². The van der Waals surface area contributed by atoms with Crippen LogP contribution in [0.1, 0.15) is 73.3 Å². The fraction of sp³-hybridized carbons (Fsp3) is 0.643. The maximum atomic E-state index is 13.2. The number of carbonyl (C=O) groups excluding carboxylic acids is 4. The van der Waals surface area contributed by atoms with Crippen molar-refractivity contribution < 1.29 is 28.7 Å². The van der Waals surface area contributed by atoms with E-state index in [0.29, 0.717) is 19.3 Å². The van der Waals surface area contributed by atoms with Gasteiger partial charge in [-0.15, -0.1) is 0 Å². The Bertz CT molecular complexity index is 857. The van der Waals surface area contributed by atoms with Gasteiger partial charge in [-0.2, -0.15) is 0 Å². The fourth-order valence-corrected chi connectivity index (χ4v) is 3.84. The summed E-state index contributed by atoms with van der Waals surface area (Å²) in [7, 11) is 0. The van der Waals surface area contributed by atoms with Gasteiger partial charge in [0.1, 0.15) is 25.3 Å². The molecule has 0 aliphatic carbocycles. The normalized spacial score (nSPS) is 13.6. The molecule has 3 amide bonds. The zero-order chi connectivity index (χ0) is 28.0. The molecule has 208 valence electrons. The van der Waals surface area contributed by atoms with Crippen molar-refractivity contribution in [1.82, 2.24) is 16.0 Å². The van der Waals surface area contributed by atoms with Crippen LogP contribution in [0.4, 0.5) is 4.79 Å². The molecular weight excluding hydrogens is 474 g/mol. The molecule has 1 aromatic rings. The van der Waals surface area contributed by atoms with Crippen LogP contribution in [-0.4, -0.2) is 48.6 Å². The number of hydrogen-bond donors (Lipinski definition) is 3. The third-order valence-corrected chi connectivity index (χ3v) is 5.46. The van der Waals surface area contributed by atoms with Crippen molar-refractivity contribution in [2.75, 3.05) is 6.61 Å². The summed E-state index contributed by atoms with van der Waals surface area (Å²) in [5.41, 5.74) is 0.834. The van der Waals surface area contributed by atoms with E-state index < -0.39 is 30.1 Å². The Balaban J connectivity index is 2.89. The van der Waals surface area contributed by atoms with Gasteiger partial charge in [-0.1, -0.05) is 71.9 Å². The Hall–Kier alpha value is -3.10. The summed E-state index contributed by atoms with van der Waals surface area (Å²) < 4.78 is 10.4. The second kappa shape index (κ2) is 16.6. The number of hydrogen-bond acceptors (Lipinski definition) is 6. The number of rotatable bonds is 15. The van der Waals surface area contributed by atoms with Crippen molar-refractivity contribution >= 4 is 23.9 Å². The molecule has 0 aliphatic heterocycles. The minimum atomic E-state index is -0.863. The number of ether oxygens (including phenoxy) is 2. The van der Waals surface area contributed by atoms with Gasteiger partial charge in [0.25, 0.3) is 0 Å².